The van der Waals surface area contributed by atoms with Gasteiger partial charge in [-0.2, -0.15) is 5.10 Å². The fraction of sp³-hybridized carbons (Fsp3) is 0.143. The molecule has 5 heteroatoms. The Balaban J connectivity index is 2.31. The Morgan fingerprint density at radius 1 is 1.21 bits per heavy atom. The maximum absolute atomic E-state index is 5.39. The molecule has 0 radical (unpaired) electrons. The van der Waals surface area contributed by atoms with Crippen LogP contribution in [0.1, 0.15) is 5.69 Å². The van der Waals surface area contributed by atoms with E-state index in [1.54, 1.807) is 17.8 Å². The summed E-state index contributed by atoms with van der Waals surface area (Å²) in [5.74, 6) is 0.807. The van der Waals surface area contributed by atoms with Crippen LogP contribution in [0.4, 0.5) is 0 Å². The molecule has 0 fully saturated rings. The van der Waals surface area contributed by atoms with Gasteiger partial charge in [-0.05, 0) is 19.1 Å². The van der Waals surface area contributed by atoms with Gasteiger partial charge in [-0.25, -0.2) is 9.50 Å². The summed E-state index contributed by atoms with van der Waals surface area (Å²) in [6.45, 7) is 1.94. The topological polar surface area (TPSA) is 39.4 Å². The van der Waals surface area contributed by atoms with Crippen LogP contribution in [-0.4, -0.2) is 21.7 Å². The number of nitrogens with zero attached hydrogens (tertiary/aromatic N) is 3. The summed E-state index contributed by atoms with van der Waals surface area (Å²) in [6.07, 6.45) is 1.79. The Morgan fingerprint density at radius 3 is 2.79 bits per heavy atom. The molecule has 0 aliphatic carbocycles. The zero-order valence-electron chi connectivity index (χ0n) is 10.7. The smallest absolute Gasteiger partial charge is 0.164 e. The van der Waals surface area contributed by atoms with Gasteiger partial charge in [0.05, 0.1) is 23.9 Å². The van der Waals surface area contributed by atoms with Gasteiger partial charge in [0.2, 0.25) is 0 Å². The number of methoxy groups -OCH3 is 1. The maximum Gasteiger partial charge on any atom is 0.164 e. The minimum absolute atomic E-state index is 0.767. The van der Waals surface area contributed by atoms with Gasteiger partial charge in [0.1, 0.15) is 5.75 Å². The number of thiol groups is 1. The molecule has 0 unspecified atom stereocenters. The van der Waals surface area contributed by atoms with E-state index in [1.165, 1.54) is 0 Å². The van der Waals surface area contributed by atoms with E-state index in [2.05, 4.69) is 22.7 Å². The zero-order valence-corrected chi connectivity index (χ0v) is 11.6. The average molecular weight is 271 g/mol. The normalized spacial score (nSPS) is 10.9. The lowest BCUT2D eigenvalue weighted by atomic mass is 10.1. The number of ether oxygens (including phenoxy) is 1. The number of rotatable bonds is 2. The summed E-state index contributed by atoms with van der Waals surface area (Å²) in [4.78, 5) is 4.54. The van der Waals surface area contributed by atoms with E-state index in [9.17, 15) is 0 Å². The molecule has 2 aromatic heterocycles. The van der Waals surface area contributed by atoms with Crippen LogP contribution in [0.15, 0.2) is 41.6 Å². The van der Waals surface area contributed by atoms with Gasteiger partial charge in [0.15, 0.2) is 5.65 Å². The molecule has 19 heavy (non-hydrogen) atoms. The van der Waals surface area contributed by atoms with Gasteiger partial charge in [0.25, 0.3) is 0 Å². The summed E-state index contributed by atoms with van der Waals surface area (Å²) in [6, 6.07) is 9.72. The number of hydrogen-bond acceptors (Lipinski definition) is 4. The van der Waals surface area contributed by atoms with Crippen molar-refractivity contribution in [3.05, 3.63) is 42.2 Å². The van der Waals surface area contributed by atoms with Crippen LogP contribution in [-0.2, 0) is 0 Å². The number of benzene rings is 1. The van der Waals surface area contributed by atoms with Gasteiger partial charge in [-0.15, -0.1) is 12.6 Å². The first-order chi connectivity index (χ1) is 9.20. The van der Waals surface area contributed by atoms with Crippen LogP contribution >= 0.6 is 12.6 Å². The Kier molecular flexibility index (Phi) is 2.91. The van der Waals surface area contributed by atoms with Crippen LogP contribution in [0, 0.1) is 6.92 Å². The van der Waals surface area contributed by atoms with Crippen molar-refractivity contribution in [3.8, 4) is 16.9 Å². The molecule has 1 aromatic carbocycles. The minimum Gasteiger partial charge on any atom is -0.496 e. The summed E-state index contributed by atoms with van der Waals surface area (Å²) >= 11 is 4.42. The van der Waals surface area contributed by atoms with Gasteiger partial charge in [0, 0.05) is 11.3 Å². The zero-order chi connectivity index (χ0) is 13.4. The van der Waals surface area contributed by atoms with Crippen molar-refractivity contribution in [2.75, 3.05) is 7.11 Å². The Bertz CT molecular complexity index is 752. The second-order valence-corrected chi connectivity index (χ2v) is 4.71. The minimum atomic E-state index is 0.767. The molecule has 0 amide bonds. The lowest BCUT2D eigenvalue weighted by molar-refractivity contribution is 0.416. The summed E-state index contributed by atoms with van der Waals surface area (Å²) < 4.78 is 7.11. The summed E-state index contributed by atoms with van der Waals surface area (Å²) in [5, 5.41) is 5.10. The molecular formula is C14H13N3OS. The van der Waals surface area contributed by atoms with Gasteiger partial charge < -0.3 is 4.74 Å². The van der Waals surface area contributed by atoms with Gasteiger partial charge >= 0.3 is 0 Å². The molecule has 0 spiro atoms. The lowest BCUT2D eigenvalue weighted by Gasteiger charge is -2.07. The summed E-state index contributed by atoms with van der Waals surface area (Å²) in [5.41, 5.74) is 3.62. The molecule has 0 aliphatic rings. The molecule has 2 heterocycles. The highest BCUT2D eigenvalue weighted by Crippen LogP contribution is 2.32. The van der Waals surface area contributed by atoms with E-state index in [0.29, 0.717) is 0 Å². The molecule has 0 aliphatic heterocycles. The molecule has 0 bridgehead atoms. The standard InChI is InChI=1S/C14H13N3OS/c1-9-7-13(19)17-14(16-9)11(8-15-17)10-5-3-4-6-12(10)18-2/h3-8,19H,1-2H3. The third-order valence-electron chi connectivity index (χ3n) is 2.98. The predicted molar refractivity (Wildman–Crippen MR) is 77.0 cm³/mol. The van der Waals surface area contributed by atoms with Crippen LogP contribution in [0.25, 0.3) is 16.8 Å². The van der Waals surface area contributed by atoms with Crippen molar-refractivity contribution in [2.45, 2.75) is 11.9 Å². The third-order valence-corrected chi connectivity index (χ3v) is 3.30. The van der Waals surface area contributed by atoms with Crippen molar-refractivity contribution in [1.82, 2.24) is 14.6 Å². The SMILES string of the molecule is COc1ccccc1-c1cnn2c(S)cc(C)nc12. The van der Waals surface area contributed by atoms with Crippen LogP contribution < -0.4 is 4.74 Å². The molecule has 96 valence electrons. The van der Waals surface area contributed by atoms with E-state index in [-0.39, 0.29) is 0 Å². The van der Waals surface area contributed by atoms with Crippen molar-refractivity contribution >= 4 is 18.3 Å². The highest BCUT2D eigenvalue weighted by atomic mass is 32.1. The van der Waals surface area contributed by atoms with Crippen LogP contribution in [0.2, 0.25) is 0 Å². The van der Waals surface area contributed by atoms with E-state index in [0.717, 1.165) is 33.2 Å². The molecule has 0 saturated heterocycles. The van der Waals surface area contributed by atoms with Gasteiger partial charge in [-0.1, -0.05) is 18.2 Å². The number of hydrogen-bond donors (Lipinski definition) is 1. The highest BCUT2D eigenvalue weighted by Gasteiger charge is 2.13. The number of para-hydroxylation sites is 1. The van der Waals surface area contributed by atoms with Crippen molar-refractivity contribution in [2.24, 2.45) is 0 Å². The maximum atomic E-state index is 5.39. The Labute approximate surface area is 116 Å². The van der Waals surface area contributed by atoms with Crippen molar-refractivity contribution in [3.63, 3.8) is 0 Å². The molecular weight excluding hydrogens is 258 g/mol. The average Bonchev–Trinajstić information content (AvgIpc) is 2.82. The second-order valence-electron chi connectivity index (χ2n) is 4.25. The number of aryl methyl sites for hydroxylation is 1. The lowest BCUT2D eigenvalue weighted by Crippen LogP contribution is -1.95. The second kappa shape index (κ2) is 4.59. The quantitative estimate of drug-likeness (QED) is 0.575. The Morgan fingerprint density at radius 2 is 2.00 bits per heavy atom. The number of aromatic nitrogens is 3. The molecule has 4 nitrogen and oxygen atoms in total. The molecule has 3 aromatic rings. The molecule has 0 atom stereocenters. The monoisotopic (exact) mass is 271 g/mol. The first kappa shape index (κ1) is 12.0. The largest absolute Gasteiger partial charge is 0.496 e. The fourth-order valence-corrected chi connectivity index (χ4v) is 2.45. The van der Waals surface area contributed by atoms with Crippen LogP contribution in [0.3, 0.4) is 0 Å². The predicted octanol–water partition coefficient (Wildman–Crippen LogP) is 3.00. The number of fused-ring (bicyclic) bond motifs is 1. The van der Waals surface area contributed by atoms with Crippen molar-refractivity contribution < 1.29 is 4.74 Å². The first-order valence-corrected chi connectivity index (χ1v) is 6.33. The molecule has 0 N–H and O–H groups in total. The van der Waals surface area contributed by atoms with Gasteiger partial charge in [-0.3, -0.25) is 0 Å². The fourth-order valence-electron chi connectivity index (χ4n) is 2.12. The van der Waals surface area contributed by atoms with E-state index < -0.39 is 0 Å². The van der Waals surface area contributed by atoms with Crippen molar-refractivity contribution in [1.29, 1.82) is 0 Å². The Hall–Kier alpha value is -2.01. The molecule has 0 saturated carbocycles. The van der Waals surface area contributed by atoms with E-state index >= 15 is 0 Å². The highest BCUT2D eigenvalue weighted by molar-refractivity contribution is 7.80. The first-order valence-electron chi connectivity index (χ1n) is 5.88. The summed E-state index contributed by atoms with van der Waals surface area (Å²) in [7, 11) is 1.66. The molecule has 3 rings (SSSR count). The van der Waals surface area contributed by atoms with E-state index in [4.69, 9.17) is 4.74 Å². The van der Waals surface area contributed by atoms with E-state index in [1.807, 2.05) is 37.3 Å². The van der Waals surface area contributed by atoms with Crippen LogP contribution in [0.5, 0.6) is 5.75 Å². The third kappa shape index (κ3) is 1.96.